The van der Waals surface area contributed by atoms with Gasteiger partial charge in [0.2, 0.25) is 11.4 Å². The quantitative estimate of drug-likeness (QED) is 0.189. The molecule has 5 aromatic rings. The topological polar surface area (TPSA) is 21.4 Å². The Labute approximate surface area is 213 Å². The van der Waals surface area contributed by atoms with Crippen LogP contribution in [0.1, 0.15) is 43.2 Å². The van der Waals surface area contributed by atoms with E-state index in [1.807, 2.05) is 25.1 Å². The SMILES string of the molecule is [C-]#[N+]c1c(C)cc2c(oc3c(-c4ccc(CC(C)(C)C)c(C)[n+]4C)c(C)ccc32)c1-c1ccccc1. The summed E-state index contributed by atoms with van der Waals surface area (Å²) in [5, 5.41) is 2.14. The Hall–Kier alpha value is -3.90. The summed E-state index contributed by atoms with van der Waals surface area (Å²) in [5.74, 6) is 0. The van der Waals surface area contributed by atoms with Crippen molar-refractivity contribution in [2.24, 2.45) is 12.5 Å². The first kappa shape index (κ1) is 23.8. The Balaban J connectivity index is 1.84. The van der Waals surface area contributed by atoms with E-state index in [-0.39, 0.29) is 5.41 Å². The molecule has 3 aromatic carbocycles. The third kappa shape index (κ3) is 3.88. The fourth-order valence-electron chi connectivity index (χ4n) is 5.35. The molecule has 0 aliphatic heterocycles. The Kier molecular flexibility index (Phi) is 5.72. The van der Waals surface area contributed by atoms with Gasteiger partial charge >= 0.3 is 0 Å². The van der Waals surface area contributed by atoms with Gasteiger partial charge in [-0.3, -0.25) is 0 Å². The molecule has 3 nitrogen and oxygen atoms in total. The second kappa shape index (κ2) is 8.64. The monoisotopic (exact) mass is 473 g/mol. The predicted octanol–water partition coefficient (Wildman–Crippen LogP) is 8.81. The maximum Gasteiger partial charge on any atom is 0.216 e. The second-order valence-corrected chi connectivity index (χ2v) is 11.1. The van der Waals surface area contributed by atoms with E-state index < -0.39 is 0 Å². The summed E-state index contributed by atoms with van der Waals surface area (Å²) in [6, 6.07) is 21.1. The van der Waals surface area contributed by atoms with Gasteiger partial charge in [0.15, 0.2) is 5.69 Å². The molecule has 0 aliphatic carbocycles. The van der Waals surface area contributed by atoms with Crippen LogP contribution in [-0.4, -0.2) is 0 Å². The number of rotatable bonds is 3. The molecule has 0 unspecified atom stereocenters. The van der Waals surface area contributed by atoms with E-state index in [2.05, 4.69) is 93.5 Å². The molecule has 0 aliphatic rings. The third-order valence-electron chi connectivity index (χ3n) is 7.23. The van der Waals surface area contributed by atoms with Gasteiger partial charge in [-0.05, 0) is 48.4 Å². The highest BCUT2D eigenvalue weighted by Gasteiger charge is 2.26. The number of aromatic nitrogens is 1. The standard InChI is InChI=1S/C33H33N2O/c1-20-14-16-25-26-18-21(2)30(34-7)29(23-12-10-9-11-13-23)32(26)36-31(25)28(20)27-17-15-24(19-33(4,5)6)22(3)35(27)8/h9-18H,19H2,1-6,8H3/q+1. The number of furan rings is 1. The van der Waals surface area contributed by atoms with Crippen LogP contribution in [0.5, 0.6) is 0 Å². The Morgan fingerprint density at radius 1 is 0.833 bits per heavy atom. The molecule has 0 fully saturated rings. The molecule has 0 radical (unpaired) electrons. The van der Waals surface area contributed by atoms with Gasteiger partial charge in [0, 0.05) is 34.9 Å². The number of nitrogens with zero attached hydrogens (tertiary/aromatic N) is 2. The van der Waals surface area contributed by atoms with Crippen LogP contribution in [0.3, 0.4) is 0 Å². The zero-order chi connectivity index (χ0) is 25.8. The molecular weight excluding hydrogens is 440 g/mol. The fourth-order valence-corrected chi connectivity index (χ4v) is 5.35. The summed E-state index contributed by atoms with van der Waals surface area (Å²) < 4.78 is 9.05. The van der Waals surface area contributed by atoms with Crippen molar-refractivity contribution in [3.8, 4) is 22.4 Å². The summed E-state index contributed by atoms with van der Waals surface area (Å²) in [7, 11) is 2.15. The molecule has 2 aromatic heterocycles. The first-order chi connectivity index (χ1) is 17.1. The van der Waals surface area contributed by atoms with Crippen molar-refractivity contribution in [2.75, 3.05) is 0 Å². The van der Waals surface area contributed by atoms with Gasteiger partial charge in [0.25, 0.3) is 0 Å². The highest BCUT2D eigenvalue weighted by Crippen LogP contribution is 2.45. The number of benzene rings is 3. The van der Waals surface area contributed by atoms with Crippen LogP contribution in [0, 0.1) is 32.8 Å². The lowest BCUT2D eigenvalue weighted by atomic mass is 9.87. The van der Waals surface area contributed by atoms with Crippen molar-refractivity contribution in [1.82, 2.24) is 0 Å². The molecule has 180 valence electrons. The zero-order valence-electron chi connectivity index (χ0n) is 22.3. The number of hydrogen-bond donors (Lipinski definition) is 0. The van der Waals surface area contributed by atoms with Crippen molar-refractivity contribution in [2.45, 2.75) is 48.0 Å². The summed E-state index contributed by atoms with van der Waals surface area (Å²) in [6.07, 6.45) is 1.03. The molecule has 0 bridgehead atoms. The molecule has 2 heterocycles. The van der Waals surface area contributed by atoms with Gasteiger partial charge in [-0.2, -0.15) is 4.57 Å². The maximum atomic E-state index is 7.91. The fraction of sp³-hybridized carbons (Fsp3) is 0.273. The van der Waals surface area contributed by atoms with Crippen molar-refractivity contribution < 1.29 is 8.98 Å². The molecule has 0 saturated heterocycles. The van der Waals surface area contributed by atoms with E-state index in [1.165, 1.54) is 16.8 Å². The van der Waals surface area contributed by atoms with Crippen LogP contribution >= 0.6 is 0 Å². The maximum absolute atomic E-state index is 7.91. The van der Waals surface area contributed by atoms with Crippen LogP contribution < -0.4 is 4.57 Å². The molecule has 0 saturated carbocycles. The van der Waals surface area contributed by atoms with E-state index in [0.29, 0.717) is 5.69 Å². The Bertz CT molecular complexity index is 1680. The smallest absolute Gasteiger partial charge is 0.216 e. The molecule has 0 spiro atoms. The van der Waals surface area contributed by atoms with Crippen LogP contribution in [0.4, 0.5) is 5.69 Å². The molecule has 36 heavy (non-hydrogen) atoms. The normalized spacial score (nSPS) is 11.8. The van der Waals surface area contributed by atoms with Gasteiger partial charge in [-0.25, -0.2) is 4.85 Å². The Morgan fingerprint density at radius 2 is 1.53 bits per heavy atom. The minimum atomic E-state index is 0.222. The average Bonchev–Trinajstić information content (AvgIpc) is 3.19. The molecular formula is C33H33N2O+. The van der Waals surface area contributed by atoms with Gasteiger partial charge in [-0.15, -0.1) is 0 Å². The first-order valence-corrected chi connectivity index (χ1v) is 12.5. The minimum Gasteiger partial charge on any atom is -0.456 e. The lowest BCUT2D eigenvalue weighted by molar-refractivity contribution is -0.667. The molecule has 0 N–H and O–H groups in total. The number of pyridine rings is 1. The largest absolute Gasteiger partial charge is 0.456 e. The Morgan fingerprint density at radius 3 is 2.19 bits per heavy atom. The highest BCUT2D eigenvalue weighted by atomic mass is 16.3. The van der Waals surface area contributed by atoms with E-state index in [9.17, 15) is 0 Å². The van der Waals surface area contributed by atoms with E-state index in [1.54, 1.807) is 0 Å². The van der Waals surface area contributed by atoms with Crippen LogP contribution in [0.15, 0.2) is 65.1 Å². The van der Waals surface area contributed by atoms with E-state index >= 15 is 0 Å². The van der Waals surface area contributed by atoms with Crippen molar-refractivity contribution >= 4 is 27.6 Å². The highest BCUT2D eigenvalue weighted by molar-refractivity contribution is 6.15. The van der Waals surface area contributed by atoms with Crippen LogP contribution in [0.2, 0.25) is 0 Å². The number of hydrogen-bond acceptors (Lipinski definition) is 1. The summed E-state index contributed by atoms with van der Waals surface area (Å²) >= 11 is 0. The van der Waals surface area contributed by atoms with Gasteiger partial charge in [0.1, 0.15) is 18.2 Å². The number of fused-ring (bicyclic) bond motifs is 3. The summed E-state index contributed by atoms with van der Waals surface area (Å²) in [4.78, 5) is 3.92. The lowest BCUT2D eigenvalue weighted by Gasteiger charge is -2.19. The minimum absolute atomic E-state index is 0.222. The lowest BCUT2D eigenvalue weighted by Crippen LogP contribution is -2.36. The number of aryl methyl sites for hydroxylation is 2. The summed E-state index contributed by atoms with van der Waals surface area (Å²) in [5.41, 5.74) is 11.4. The van der Waals surface area contributed by atoms with Gasteiger partial charge in [0.05, 0.1) is 12.1 Å². The van der Waals surface area contributed by atoms with Crippen molar-refractivity contribution in [3.05, 3.63) is 94.5 Å². The van der Waals surface area contributed by atoms with Gasteiger partial charge in [-0.1, -0.05) is 69.3 Å². The molecule has 3 heteroatoms. The summed E-state index contributed by atoms with van der Waals surface area (Å²) in [6.45, 7) is 21.1. The van der Waals surface area contributed by atoms with Crippen LogP contribution in [-0.2, 0) is 13.5 Å². The molecule has 0 atom stereocenters. The molecule has 0 amide bonds. The van der Waals surface area contributed by atoms with E-state index in [0.717, 1.165) is 56.3 Å². The predicted molar refractivity (Wildman–Crippen MR) is 149 cm³/mol. The zero-order valence-corrected chi connectivity index (χ0v) is 22.3. The van der Waals surface area contributed by atoms with Gasteiger partial charge < -0.3 is 4.42 Å². The average molecular weight is 474 g/mol. The second-order valence-electron chi connectivity index (χ2n) is 11.1. The van der Waals surface area contributed by atoms with Crippen molar-refractivity contribution in [1.29, 1.82) is 0 Å². The third-order valence-corrected chi connectivity index (χ3v) is 7.23. The first-order valence-electron chi connectivity index (χ1n) is 12.5. The van der Waals surface area contributed by atoms with E-state index in [4.69, 9.17) is 11.0 Å². The van der Waals surface area contributed by atoms with Crippen molar-refractivity contribution in [3.63, 3.8) is 0 Å². The van der Waals surface area contributed by atoms with Crippen LogP contribution in [0.25, 0.3) is 49.2 Å². The molecule has 5 rings (SSSR count).